The van der Waals surface area contributed by atoms with Gasteiger partial charge >= 0.3 is 18.1 Å². The number of ether oxygens (including phenoxy) is 1. The van der Waals surface area contributed by atoms with E-state index >= 15 is 0 Å². The lowest BCUT2D eigenvalue weighted by Crippen LogP contribution is -2.41. The van der Waals surface area contributed by atoms with E-state index in [1.54, 1.807) is 0 Å². The van der Waals surface area contributed by atoms with Crippen molar-refractivity contribution in [2.75, 3.05) is 6.61 Å². The van der Waals surface area contributed by atoms with E-state index in [4.69, 9.17) is 5.73 Å². The van der Waals surface area contributed by atoms with Crippen LogP contribution in [0.2, 0.25) is 0 Å². The van der Waals surface area contributed by atoms with Crippen LogP contribution in [0.4, 0.5) is 22.0 Å². The van der Waals surface area contributed by atoms with Gasteiger partial charge in [-0.3, -0.25) is 0 Å². The SMILES string of the molecule is CCOC(=O)C(F)(F)[C@@H](N)c1cccc(C(F)(F)F)c1.Cl. The summed E-state index contributed by atoms with van der Waals surface area (Å²) in [5, 5.41) is 0. The first-order valence-corrected chi connectivity index (χ1v) is 5.58. The molecule has 9 heteroatoms. The van der Waals surface area contributed by atoms with Gasteiger partial charge in [0.15, 0.2) is 0 Å². The number of benzene rings is 1. The standard InChI is InChI=1S/C12H12F5NO2.ClH/c1-2-20-10(19)11(13,14)9(18)7-4-3-5-8(6-7)12(15,16)17;/h3-6,9H,2,18H2,1H3;1H/t9-;/m0./s1. The Balaban J connectivity index is 0.00000400. The minimum absolute atomic E-state index is 0. The molecule has 0 saturated carbocycles. The molecule has 0 radical (unpaired) electrons. The van der Waals surface area contributed by atoms with Gasteiger partial charge in [0.25, 0.3) is 0 Å². The molecule has 0 aliphatic heterocycles. The van der Waals surface area contributed by atoms with Crippen LogP contribution in [0.15, 0.2) is 24.3 Å². The highest BCUT2D eigenvalue weighted by atomic mass is 35.5. The van der Waals surface area contributed by atoms with Gasteiger partial charge in [0.2, 0.25) is 0 Å². The van der Waals surface area contributed by atoms with Crippen molar-refractivity contribution >= 4 is 18.4 Å². The molecule has 0 aromatic heterocycles. The molecule has 2 N–H and O–H groups in total. The second kappa shape index (κ2) is 7.04. The highest BCUT2D eigenvalue weighted by Gasteiger charge is 2.48. The molecule has 0 spiro atoms. The van der Waals surface area contributed by atoms with Gasteiger partial charge in [0.1, 0.15) is 6.04 Å². The van der Waals surface area contributed by atoms with Crippen LogP contribution < -0.4 is 5.73 Å². The molecular weight excluding hydrogens is 321 g/mol. The first kappa shape index (κ1) is 19.6. The monoisotopic (exact) mass is 333 g/mol. The Labute approximate surface area is 123 Å². The van der Waals surface area contributed by atoms with Crippen LogP contribution in [-0.2, 0) is 15.7 Å². The summed E-state index contributed by atoms with van der Waals surface area (Å²) in [4.78, 5) is 11.1. The van der Waals surface area contributed by atoms with Crippen molar-refractivity contribution in [2.45, 2.75) is 25.1 Å². The second-order valence-electron chi connectivity index (χ2n) is 3.94. The fraction of sp³-hybridized carbons (Fsp3) is 0.417. The Hall–Kier alpha value is -1.41. The van der Waals surface area contributed by atoms with Crippen LogP contribution in [-0.4, -0.2) is 18.5 Å². The lowest BCUT2D eigenvalue weighted by molar-refractivity contribution is -0.174. The largest absolute Gasteiger partial charge is 0.462 e. The van der Waals surface area contributed by atoms with E-state index in [9.17, 15) is 26.7 Å². The van der Waals surface area contributed by atoms with Crippen molar-refractivity contribution in [1.29, 1.82) is 0 Å². The Kier molecular flexibility index (Phi) is 6.56. The molecule has 0 bridgehead atoms. The van der Waals surface area contributed by atoms with E-state index in [1.807, 2.05) is 0 Å². The number of alkyl halides is 5. The normalized spacial score (nSPS) is 13.3. The number of halogens is 6. The number of carbonyl (C=O) groups excluding carboxylic acids is 1. The molecule has 0 amide bonds. The highest BCUT2D eigenvalue weighted by Crippen LogP contribution is 2.34. The van der Waals surface area contributed by atoms with Crippen LogP contribution in [0.3, 0.4) is 0 Å². The van der Waals surface area contributed by atoms with Crippen LogP contribution in [0.25, 0.3) is 0 Å². The summed E-state index contributed by atoms with van der Waals surface area (Å²) < 4.78 is 68.9. The summed E-state index contributed by atoms with van der Waals surface area (Å²) in [5.74, 6) is -5.98. The molecule has 0 heterocycles. The van der Waals surface area contributed by atoms with Gasteiger partial charge < -0.3 is 10.5 Å². The van der Waals surface area contributed by atoms with Crippen LogP contribution >= 0.6 is 12.4 Å². The minimum atomic E-state index is -4.69. The molecule has 1 aromatic rings. The van der Waals surface area contributed by atoms with E-state index in [0.29, 0.717) is 6.07 Å². The Bertz CT molecular complexity index is 493. The zero-order chi connectivity index (χ0) is 15.6. The van der Waals surface area contributed by atoms with E-state index in [0.717, 1.165) is 18.2 Å². The van der Waals surface area contributed by atoms with Crippen molar-refractivity contribution in [1.82, 2.24) is 0 Å². The van der Waals surface area contributed by atoms with E-state index in [2.05, 4.69) is 4.74 Å². The fourth-order valence-corrected chi connectivity index (χ4v) is 1.47. The van der Waals surface area contributed by atoms with Gasteiger partial charge in [-0.2, -0.15) is 22.0 Å². The maximum atomic E-state index is 13.6. The van der Waals surface area contributed by atoms with Gasteiger partial charge in [0.05, 0.1) is 12.2 Å². The first-order valence-electron chi connectivity index (χ1n) is 5.58. The lowest BCUT2D eigenvalue weighted by atomic mass is 9.99. The predicted molar refractivity (Wildman–Crippen MR) is 67.2 cm³/mol. The third-order valence-corrected chi connectivity index (χ3v) is 2.51. The molecular formula is C12H13ClF5NO2. The number of esters is 1. The summed E-state index contributed by atoms with van der Waals surface area (Å²) in [6.45, 7) is 1.04. The number of rotatable bonds is 4. The molecule has 0 unspecified atom stereocenters. The summed E-state index contributed by atoms with van der Waals surface area (Å²) in [5.41, 5.74) is 3.58. The van der Waals surface area contributed by atoms with Crippen LogP contribution in [0.1, 0.15) is 24.1 Å². The highest BCUT2D eigenvalue weighted by molar-refractivity contribution is 5.85. The molecule has 3 nitrogen and oxygen atoms in total. The van der Waals surface area contributed by atoms with Crippen molar-refractivity contribution in [2.24, 2.45) is 5.73 Å². The molecule has 1 aromatic carbocycles. The molecule has 1 atom stereocenters. The molecule has 21 heavy (non-hydrogen) atoms. The van der Waals surface area contributed by atoms with Gasteiger partial charge in [-0.1, -0.05) is 12.1 Å². The van der Waals surface area contributed by atoms with Crippen molar-refractivity contribution < 1.29 is 31.5 Å². The summed E-state index contributed by atoms with van der Waals surface area (Å²) in [7, 11) is 0. The molecule has 0 aliphatic carbocycles. The molecule has 0 saturated heterocycles. The van der Waals surface area contributed by atoms with Crippen molar-refractivity contribution in [3.63, 3.8) is 0 Å². The van der Waals surface area contributed by atoms with E-state index < -0.39 is 35.2 Å². The Morgan fingerprint density at radius 3 is 2.33 bits per heavy atom. The molecule has 120 valence electrons. The topological polar surface area (TPSA) is 52.3 Å². The quantitative estimate of drug-likeness (QED) is 0.679. The number of hydrogen-bond acceptors (Lipinski definition) is 3. The number of carbonyl (C=O) groups is 1. The van der Waals surface area contributed by atoms with Gasteiger partial charge in [-0.25, -0.2) is 4.79 Å². The van der Waals surface area contributed by atoms with E-state index in [-0.39, 0.29) is 19.0 Å². The van der Waals surface area contributed by atoms with Gasteiger partial charge in [-0.15, -0.1) is 12.4 Å². The molecule has 1 rings (SSSR count). The Morgan fingerprint density at radius 2 is 1.86 bits per heavy atom. The Morgan fingerprint density at radius 1 is 1.29 bits per heavy atom. The third-order valence-electron chi connectivity index (χ3n) is 2.51. The van der Waals surface area contributed by atoms with Crippen LogP contribution in [0.5, 0.6) is 0 Å². The predicted octanol–water partition coefficient (Wildman–Crippen LogP) is 3.33. The number of nitrogens with two attached hydrogens (primary N) is 1. The second-order valence-corrected chi connectivity index (χ2v) is 3.94. The third kappa shape index (κ3) is 4.53. The number of hydrogen-bond donors (Lipinski definition) is 1. The smallest absolute Gasteiger partial charge is 0.416 e. The zero-order valence-corrected chi connectivity index (χ0v) is 11.6. The van der Waals surface area contributed by atoms with Gasteiger partial charge in [-0.05, 0) is 24.6 Å². The van der Waals surface area contributed by atoms with Crippen molar-refractivity contribution in [3.05, 3.63) is 35.4 Å². The molecule has 0 fully saturated rings. The van der Waals surface area contributed by atoms with E-state index in [1.165, 1.54) is 6.92 Å². The summed E-state index contributed by atoms with van der Waals surface area (Å²) in [6, 6.07) is 0.923. The fourth-order valence-electron chi connectivity index (χ4n) is 1.47. The van der Waals surface area contributed by atoms with Gasteiger partial charge in [0, 0.05) is 0 Å². The maximum Gasteiger partial charge on any atom is 0.416 e. The van der Waals surface area contributed by atoms with Crippen LogP contribution in [0, 0.1) is 0 Å². The zero-order valence-electron chi connectivity index (χ0n) is 10.8. The minimum Gasteiger partial charge on any atom is -0.462 e. The average Bonchev–Trinajstić information content (AvgIpc) is 2.37. The maximum absolute atomic E-state index is 13.6. The van der Waals surface area contributed by atoms with Crippen molar-refractivity contribution in [3.8, 4) is 0 Å². The lowest BCUT2D eigenvalue weighted by Gasteiger charge is -2.22. The summed E-state index contributed by atoms with van der Waals surface area (Å²) in [6.07, 6.45) is -4.69. The molecule has 0 aliphatic rings. The first-order chi connectivity index (χ1) is 9.10. The summed E-state index contributed by atoms with van der Waals surface area (Å²) >= 11 is 0. The average molecular weight is 334 g/mol.